The lowest BCUT2D eigenvalue weighted by Gasteiger charge is -2.30. The van der Waals surface area contributed by atoms with Crippen molar-refractivity contribution in [2.75, 3.05) is 14.2 Å². The number of rotatable bonds is 4. The van der Waals surface area contributed by atoms with Crippen LogP contribution in [0, 0.1) is 0 Å². The van der Waals surface area contributed by atoms with Gasteiger partial charge in [-0.15, -0.1) is 0 Å². The molecule has 62 valence electrons. The molecule has 0 aromatic heterocycles. The molecule has 0 bridgehead atoms. The Morgan fingerprint density at radius 3 is 1.90 bits per heavy atom. The van der Waals surface area contributed by atoms with E-state index in [0.717, 1.165) is 6.42 Å². The zero-order valence-corrected chi connectivity index (χ0v) is 7.60. The zero-order chi connectivity index (χ0) is 8.20. The number of hydrogen-bond donors (Lipinski definition) is 0. The van der Waals surface area contributed by atoms with Crippen LogP contribution >= 0.6 is 0 Å². The van der Waals surface area contributed by atoms with Gasteiger partial charge < -0.3 is 9.47 Å². The first kappa shape index (κ1) is 9.92. The molecule has 0 spiro atoms. The van der Waals surface area contributed by atoms with Crippen LogP contribution in [0.15, 0.2) is 0 Å². The molecule has 0 fully saturated rings. The summed E-state index contributed by atoms with van der Waals surface area (Å²) in [5.74, 6) is 0. The van der Waals surface area contributed by atoms with Crippen LogP contribution in [0.3, 0.4) is 0 Å². The van der Waals surface area contributed by atoms with Gasteiger partial charge in [-0.1, -0.05) is 6.92 Å². The first-order valence-electron chi connectivity index (χ1n) is 3.66. The Balaban J connectivity index is 3.97. The molecule has 0 N–H and O–H groups in total. The van der Waals surface area contributed by atoms with Crippen molar-refractivity contribution in [3.8, 4) is 0 Å². The van der Waals surface area contributed by atoms with Crippen molar-refractivity contribution in [3.63, 3.8) is 0 Å². The predicted octanol–water partition coefficient (Wildman–Crippen LogP) is 1.84. The Kier molecular flexibility index (Phi) is 3.91. The van der Waals surface area contributed by atoms with Gasteiger partial charge in [0.05, 0.1) is 11.7 Å². The molecule has 10 heavy (non-hydrogen) atoms. The van der Waals surface area contributed by atoms with E-state index in [1.807, 2.05) is 13.8 Å². The first-order valence-corrected chi connectivity index (χ1v) is 3.66. The molecule has 2 nitrogen and oxygen atoms in total. The van der Waals surface area contributed by atoms with Gasteiger partial charge in [-0.3, -0.25) is 0 Å². The normalized spacial score (nSPS) is 15.3. The van der Waals surface area contributed by atoms with Crippen LogP contribution in [-0.2, 0) is 9.47 Å². The van der Waals surface area contributed by atoms with Gasteiger partial charge in [-0.25, -0.2) is 0 Å². The highest BCUT2D eigenvalue weighted by Gasteiger charge is 2.27. The lowest BCUT2D eigenvalue weighted by molar-refractivity contribution is -0.0953. The van der Waals surface area contributed by atoms with Crippen LogP contribution in [0.5, 0.6) is 0 Å². The monoisotopic (exact) mass is 146 g/mol. The van der Waals surface area contributed by atoms with E-state index >= 15 is 0 Å². The minimum atomic E-state index is -0.163. The summed E-state index contributed by atoms with van der Waals surface area (Å²) in [6.07, 6.45) is 1.18. The highest BCUT2D eigenvalue weighted by atomic mass is 16.5. The van der Waals surface area contributed by atoms with E-state index in [1.165, 1.54) is 0 Å². The first-order chi connectivity index (χ1) is 4.58. The smallest absolute Gasteiger partial charge is 0.0882 e. The minimum absolute atomic E-state index is 0.163. The molecule has 0 unspecified atom stereocenters. The standard InChI is InChI=1S/C8H18O2/c1-6-7(9-4)8(2,3)10-5/h7H,6H2,1-5H3/t7-/m0/s1. The Bertz CT molecular complexity index is 85.3. The maximum absolute atomic E-state index is 5.26. The third-order valence-corrected chi connectivity index (χ3v) is 1.96. The van der Waals surface area contributed by atoms with Crippen molar-refractivity contribution in [2.45, 2.75) is 38.9 Å². The molecule has 0 aromatic carbocycles. The molecule has 0 aliphatic heterocycles. The van der Waals surface area contributed by atoms with Crippen molar-refractivity contribution in [1.29, 1.82) is 0 Å². The van der Waals surface area contributed by atoms with Gasteiger partial charge in [0.25, 0.3) is 0 Å². The van der Waals surface area contributed by atoms with Gasteiger partial charge >= 0.3 is 0 Å². The summed E-state index contributed by atoms with van der Waals surface area (Å²) in [6, 6.07) is 0. The summed E-state index contributed by atoms with van der Waals surface area (Å²) < 4.78 is 10.5. The molecule has 0 saturated carbocycles. The highest BCUT2D eigenvalue weighted by molar-refractivity contribution is 4.78. The van der Waals surface area contributed by atoms with E-state index in [1.54, 1.807) is 14.2 Å². The summed E-state index contributed by atoms with van der Waals surface area (Å²) in [5.41, 5.74) is -0.163. The Labute approximate surface area is 63.5 Å². The lowest BCUT2D eigenvalue weighted by atomic mass is 9.99. The minimum Gasteiger partial charge on any atom is -0.378 e. The van der Waals surface area contributed by atoms with Crippen molar-refractivity contribution in [1.82, 2.24) is 0 Å². The van der Waals surface area contributed by atoms with Gasteiger partial charge in [0.15, 0.2) is 0 Å². The maximum atomic E-state index is 5.26. The molecule has 0 radical (unpaired) electrons. The maximum Gasteiger partial charge on any atom is 0.0882 e. The van der Waals surface area contributed by atoms with E-state index in [0.29, 0.717) is 0 Å². The fraction of sp³-hybridized carbons (Fsp3) is 1.00. The van der Waals surface area contributed by atoms with Crippen molar-refractivity contribution < 1.29 is 9.47 Å². The van der Waals surface area contributed by atoms with Crippen LogP contribution in [0.25, 0.3) is 0 Å². The largest absolute Gasteiger partial charge is 0.378 e. The number of ether oxygens (including phenoxy) is 2. The van der Waals surface area contributed by atoms with E-state index in [-0.39, 0.29) is 11.7 Å². The van der Waals surface area contributed by atoms with Crippen LogP contribution in [0.4, 0.5) is 0 Å². The summed E-state index contributed by atoms with van der Waals surface area (Å²) in [5, 5.41) is 0. The van der Waals surface area contributed by atoms with Gasteiger partial charge in [0.2, 0.25) is 0 Å². The van der Waals surface area contributed by atoms with Crippen molar-refractivity contribution in [2.24, 2.45) is 0 Å². The van der Waals surface area contributed by atoms with Crippen molar-refractivity contribution >= 4 is 0 Å². The third-order valence-electron chi connectivity index (χ3n) is 1.96. The Morgan fingerprint density at radius 2 is 1.80 bits per heavy atom. The van der Waals surface area contributed by atoms with E-state index in [4.69, 9.17) is 9.47 Å². The van der Waals surface area contributed by atoms with Gasteiger partial charge in [0.1, 0.15) is 0 Å². The highest BCUT2D eigenvalue weighted by Crippen LogP contribution is 2.18. The molecule has 0 heterocycles. The third kappa shape index (κ3) is 2.27. The van der Waals surface area contributed by atoms with Crippen molar-refractivity contribution in [3.05, 3.63) is 0 Å². The SMILES string of the molecule is CC[C@H](OC)C(C)(C)OC. The fourth-order valence-electron chi connectivity index (χ4n) is 1.07. The van der Waals surface area contributed by atoms with Crippen LogP contribution in [0.1, 0.15) is 27.2 Å². The van der Waals surface area contributed by atoms with Gasteiger partial charge in [-0.2, -0.15) is 0 Å². The van der Waals surface area contributed by atoms with Crippen LogP contribution in [-0.4, -0.2) is 25.9 Å². The Morgan fingerprint density at radius 1 is 1.30 bits per heavy atom. The summed E-state index contributed by atoms with van der Waals surface area (Å²) in [4.78, 5) is 0. The molecule has 0 aliphatic rings. The lowest BCUT2D eigenvalue weighted by Crippen LogP contribution is -2.38. The van der Waals surface area contributed by atoms with E-state index < -0.39 is 0 Å². The van der Waals surface area contributed by atoms with Gasteiger partial charge in [0, 0.05) is 14.2 Å². The van der Waals surface area contributed by atoms with E-state index in [2.05, 4.69) is 6.92 Å². The average Bonchev–Trinajstić information content (AvgIpc) is 1.90. The average molecular weight is 146 g/mol. The molecule has 0 amide bonds. The number of methoxy groups -OCH3 is 2. The summed E-state index contributed by atoms with van der Waals surface area (Å²) in [6.45, 7) is 6.16. The molecule has 0 rings (SSSR count). The second-order valence-corrected chi connectivity index (χ2v) is 2.94. The topological polar surface area (TPSA) is 18.5 Å². The Hall–Kier alpha value is -0.0800. The van der Waals surface area contributed by atoms with Crippen LogP contribution < -0.4 is 0 Å². The second-order valence-electron chi connectivity index (χ2n) is 2.94. The molecular formula is C8H18O2. The van der Waals surface area contributed by atoms with E-state index in [9.17, 15) is 0 Å². The fourth-order valence-corrected chi connectivity index (χ4v) is 1.07. The van der Waals surface area contributed by atoms with Gasteiger partial charge in [-0.05, 0) is 20.3 Å². The second kappa shape index (κ2) is 3.94. The molecular weight excluding hydrogens is 128 g/mol. The summed E-state index contributed by atoms with van der Waals surface area (Å²) >= 11 is 0. The molecule has 0 aliphatic carbocycles. The van der Waals surface area contributed by atoms with Crippen LogP contribution in [0.2, 0.25) is 0 Å². The molecule has 0 saturated heterocycles. The number of hydrogen-bond acceptors (Lipinski definition) is 2. The molecule has 1 atom stereocenters. The zero-order valence-electron chi connectivity index (χ0n) is 7.60. The quantitative estimate of drug-likeness (QED) is 0.602. The summed E-state index contributed by atoms with van der Waals surface area (Å²) in [7, 11) is 3.43. The molecule has 0 aromatic rings. The predicted molar refractivity (Wildman–Crippen MR) is 42.2 cm³/mol. The molecule has 2 heteroatoms.